The van der Waals surface area contributed by atoms with E-state index in [9.17, 15) is 22.0 Å². The van der Waals surface area contributed by atoms with Crippen LogP contribution in [0.5, 0.6) is 0 Å². The van der Waals surface area contributed by atoms with Gasteiger partial charge in [-0.2, -0.15) is 0 Å². The molecule has 1 atom stereocenters. The van der Waals surface area contributed by atoms with Gasteiger partial charge in [-0.25, -0.2) is 17.2 Å². The van der Waals surface area contributed by atoms with Gasteiger partial charge in [0.1, 0.15) is 5.75 Å². The van der Waals surface area contributed by atoms with Crippen molar-refractivity contribution in [2.45, 2.75) is 19.8 Å². The Balaban J connectivity index is 4.45. The smallest absolute Gasteiger partial charge is 0.307 e. The summed E-state index contributed by atoms with van der Waals surface area (Å²) in [5.41, 5.74) is 0. The predicted molar refractivity (Wildman–Crippen MR) is 46.1 cm³/mol. The Labute approximate surface area is 80.8 Å². The summed E-state index contributed by atoms with van der Waals surface area (Å²) in [5.74, 6) is -7.86. The first-order valence-corrected chi connectivity index (χ1v) is 5.67. The first kappa shape index (κ1) is 13.3. The summed E-state index contributed by atoms with van der Waals surface area (Å²) < 4.78 is 46.7. The van der Waals surface area contributed by atoms with Gasteiger partial charge in [-0.05, 0) is 0 Å². The van der Waals surface area contributed by atoms with Crippen LogP contribution in [0.4, 0.5) is 8.78 Å². The fourth-order valence-corrected chi connectivity index (χ4v) is 2.69. The van der Waals surface area contributed by atoms with E-state index in [2.05, 4.69) is 0 Å². The molecule has 1 unspecified atom stereocenters. The van der Waals surface area contributed by atoms with Gasteiger partial charge in [-0.1, -0.05) is 6.92 Å². The molecule has 84 valence electrons. The number of carboxylic acid groups (broad SMARTS) is 1. The molecule has 0 bridgehead atoms. The van der Waals surface area contributed by atoms with E-state index in [0.29, 0.717) is 6.92 Å². The van der Waals surface area contributed by atoms with E-state index in [4.69, 9.17) is 5.11 Å². The number of halogens is 2. The lowest BCUT2D eigenvalue weighted by molar-refractivity contribution is -0.140. The molecule has 0 aromatic heterocycles. The molecule has 0 saturated heterocycles. The summed E-state index contributed by atoms with van der Waals surface area (Å²) in [7, 11) is -4.01. The molecular formula is C7H12F2O4S. The van der Waals surface area contributed by atoms with Gasteiger partial charge in [0.2, 0.25) is 0 Å². The highest BCUT2D eigenvalue weighted by atomic mass is 32.2. The Morgan fingerprint density at radius 3 is 2.21 bits per heavy atom. The van der Waals surface area contributed by atoms with Gasteiger partial charge in [-0.3, -0.25) is 4.79 Å². The van der Waals surface area contributed by atoms with E-state index in [1.165, 1.54) is 0 Å². The van der Waals surface area contributed by atoms with Crippen LogP contribution < -0.4 is 0 Å². The topological polar surface area (TPSA) is 71.4 Å². The molecule has 0 rings (SSSR count). The molecule has 0 fully saturated rings. The summed E-state index contributed by atoms with van der Waals surface area (Å²) in [4.78, 5) is 10.3. The zero-order valence-corrected chi connectivity index (χ0v) is 8.64. The van der Waals surface area contributed by atoms with Gasteiger partial charge in [0, 0.05) is 6.92 Å². The van der Waals surface area contributed by atoms with E-state index in [-0.39, 0.29) is 0 Å². The molecule has 0 aliphatic heterocycles. The van der Waals surface area contributed by atoms with Crippen LogP contribution in [0, 0.1) is 5.92 Å². The maximum absolute atomic E-state index is 12.3. The average Bonchev–Trinajstić information content (AvgIpc) is 1.78. The van der Waals surface area contributed by atoms with Crippen LogP contribution in [-0.4, -0.2) is 36.9 Å². The minimum Gasteiger partial charge on any atom is -0.481 e. The summed E-state index contributed by atoms with van der Waals surface area (Å²) in [6, 6.07) is 0. The van der Waals surface area contributed by atoms with Crippen LogP contribution >= 0.6 is 0 Å². The van der Waals surface area contributed by atoms with Crippen LogP contribution in [-0.2, 0) is 14.6 Å². The van der Waals surface area contributed by atoms with Crippen molar-refractivity contribution in [1.82, 2.24) is 0 Å². The predicted octanol–water partition coefficient (Wildman–Crippen LogP) is 0.777. The second kappa shape index (κ2) is 4.20. The SMILES string of the molecule is CC(CS(=O)(=O)CC(C)(F)F)C(=O)O. The Hall–Kier alpha value is -0.720. The molecule has 0 heterocycles. The lowest BCUT2D eigenvalue weighted by Gasteiger charge is -2.12. The van der Waals surface area contributed by atoms with Gasteiger partial charge < -0.3 is 5.11 Å². The third-order valence-electron chi connectivity index (χ3n) is 1.40. The third-order valence-corrected chi connectivity index (χ3v) is 3.35. The average molecular weight is 230 g/mol. The zero-order valence-electron chi connectivity index (χ0n) is 7.83. The van der Waals surface area contributed by atoms with Gasteiger partial charge in [0.05, 0.1) is 11.7 Å². The van der Waals surface area contributed by atoms with Crippen molar-refractivity contribution >= 4 is 15.8 Å². The minimum absolute atomic E-state index is 0.482. The van der Waals surface area contributed by atoms with Crippen LogP contribution in [0.25, 0.3) is 0 Å². The lowest BCUT2D eigenvalue weighted by atomic mass is 10.2. The molecule has 0 aliphatic rings. The highest BCUT2D eigenvalue weighted by Crippen LogP contribution is 2.16. The number of sulfone groups is 1. The Morgan fingerprint density at radius 1 is 1.50 bits per heavy atom. The Kier molecular flexibility index (Phi) is 3.99. The molecule has 0 aliphatic carbocycles. The zero-order chi connectivity index (χ0) is 11.6. The molecule has 0 amide bonds. The fraction of sp³-hybridized carbons (Fsp3) is 0.857. The van der Waals surface area contributed by atoms with E-state index in [1.54, 1.807) is 0 Å². The third kappa shape index (κ3) is 5.85. The van der Waals surface area contributed by atoms with Crippen molar-refractivity contribution in [3.8, 4) is 0 Å². The lowest BCUT2D eigenvalue weighted by Crippen LogP contribution is -2.30. The van der Waals surface area contributed by atoms with E-state index in [1.807, 2.05) is 0 Å². The number of carboxylic acids is 1. The second-order valence-electron chi connectivity index (χ2n) is 3.36. The van der Waals surface area contributed by atoms with Gasteiger partial charge in [-0.15, -0.1) is 0 Å². The van der Waals surface area contributed by atoms with Crippen molar-refractivity contribution in [2.75, 3.05) is 11.5 Å². The monoisotopic (exact) mass is 230 g/mol. The molecule has 1 N–H and O–H groups in total. The second-order valence-corrected chi connectivity index (χ2v) is 5.47. The molecule has 7 heteroatoms. The summed E-state index contributed by atoms with van der Waals surface area (Å²) in [6.45, 7) is 1.64. The number of carbonyl (C=O) groups is 1. The van der Waals surface area contributed by atoms with Crippen LogP contribution in [0.15, 0.2) is 0 Å². The van der Waals surface area contributed by atoms with E-state index < -0.39 is 39.2 Å². The quantitative estimate of drug-likeness (QED) is 0.757. The van der Waals surface area contributed by atoms with Gasteiger partial charge in [0.25, 0.3) is 5.92 Å². The highest BCUT2D eigenvalue weighted by Gasteiger charge is 2.32. The van der Waals surface area contributed by atoms with Crippen molar-refractivity contribution in [2.24, 2.45) is 5.92 Å². The summed E-state index contributed by atoms with van der Waals surface area (Å²) in [5, 5.41) is 8.39. The van der Waals surface area contributed by atoms with Crippen molar-refractivity contribution in [1.29, 1.82) is 0 Å². The summed E-state index contributed by atoms with van der Waals surface area (Å²) in [6.07, 6.45) is 0. The largest absolute Gasteiger partial charge is 0.481 e. The maximum Gasteiger partial charge on any atom is 0.307 e. The van der Waals surface area contributed by atoms with Crippen LogP contribution in [0.3, 0.4) is 0 Å². The Bertz CT molecular complexity index is 304. The number of hydrogen-bond donors (Lipinski definition) is 1. The van der Waals surface area contributed by atoms with E-state index >= 15 is 0 Å². The highest BCUT2D eigenvalue weighted by molar-refractivity contribution is 7.91. The molecule has 14 heavy (non-hydrogen) atoms. The molecule has 0 spiro atoms. The molecule has 0 radical (unpaired) electrons. The van der Waals surface area contributed by atoms with Crippen molar-refractivity contribution in [3.63, 3.8) is 0 Å². The maximum atomic E-state index is 12.3. The first-order chi connectivity index (χ1) is 6.03. The normalized spacial score (nSPS) is 15.1. The first-order valence-electron chi connectivity index (χ1n) is 3.84. The number of aliphatic carboxylic acids is 1. The van der Waals surface area contributed by atoms with Crippen molar-refractivity contribution < 1.29 is 27.1 Å². The summed E-state index contributed by atoms with van der Waals surface area (Å²) >= 11 is 0. The van der Waals surface area contributed by atoms with Crippen LogP contribution in [0.1, 0.15) is 13.8 Å². The molecule has 0 aromatic rings. The molecule has 0 aromatic carbocycles. The van der Waals surface area contributed by atoms with Gasteiger partial charge in [0.15, 0.2) is 9.84 Å². The molecule has 0 saturated carbocycles. The Morgan fingerprint density at radius 2 is 1.93 bits per heavy atom. The van der Waals surface area contributed by atoms with E-state index in [0.717, 1.165) is 6.92 Å². The standard InChI is InChI=1S/C7H12F2O4S/c1-5(6(10)11)3-14(12,13)4-7(2,8)9/h5H,3-4H2,1-2H3,(H,10,11). The van der Waals surface area contributed by atoms with Crippen molar-refractivity contribution in [3.05, 3.63) is 0 Å². The van der Waals surface area contributed by atoms with Gasteiger partial charge >= 0.3 is 5.97 Å². The molecule has 4 nitrogen and oxygen atoms in total. The number of alkyl halides is 2. The minimum atomic E-state index is -4.01. The number of hydrogen-bond acceptors (Lipinski definition) is 3. The number of rotatable bonds is 5. The van der Waals surface area contributed by atoms with Crippen LogP contribution in [0.2, 0.25) is 0 Å². The fourth-order valence-electron chi connectivity index (χ4n) is 0.897. The molecular weight excluding hydrogens is 218 g/mol.